The lowest BCUT2D eigenvalue weighted by molar-refractivity contribution is -0.0979. The summed E-state index contributed by atoms with van der Waals surface area (Å²) in [5.74, 6) is -0.0786. The second kappa shape index (κ2) is 7.88. The first-order valence-electron chi connectivity index (χ1n) is 8.29. The van der Waals surface area contributed by atoms with Crippen molar-refractivity contribution in [2.24, 2.45) is 0 Å². The molecule has 0 saturated heterocycles. The molecule has 126 valence electrons. The summed E-state index contributed by atoms with van der Waals surface area (Å²) in [5.41, 5.74) is 3.90. The van der Waals surface area contributed by atoms with Crippen LogP contribution in [0.5, 0.6) is 0 Å². The van der Waals surface area contributed by atoms with Gasteiger partial charge >= 0.3 is 0 Å². The summed E-state index contributed by atoms with van der Waals surface area (Å²) in [7, 11) is 0. The summed E-state index contributed by atoms with van der Waals surface area (Å²) in [6, 6.07) is 24.5. The molecule has 3 aromatic carbocycles. The molecule has 0 spiro atoms. The van der Waals surface area contributed by atoms with Crippen LogP contribution in [0.4, 0.5) is 0 Å². The van der Waals surface area contributed by atoms with Crippen molar-refractivity contribution in [1.29, 1.82) is 0 Å². The van der Waals surface area contributed by atoms with E-state index in [0.717, 1.165) is 11.1 Å². The fourth-order valence-electron chi connectivity index (χ4n) is 2.70. The van der Waals surface area contributed by atoms with Crippen LogP contribution in [0.2, 0.25) is 0 Å². The van der Waals surface area contributed by atoms with Crippen molar-refractivity contribution in [3.05, 3.63) is 95.6 Å². The Morgan fingerprint density at radius 2 is 1.56 bits per heavy atom. The molecule has 0 fully saturated rings. The van der Waals surface area contributed by atoms with Gasteiger partial charge < -0.3 is 9.84 Å². The molecule has 0 heterocycles. The predicted molar refractivity (Wildman–Crippen MR) is 98.3 cm³/mol. The Bertz CT molecular complexity index is 839. The Balaban J connectivity index is 1.83. The molecule has 0 aliphatic rings. The lowest BCUT2D eigenvalue weighted by Gasteiger charge is -2.12. The zero-order chi connectivity index (χ0) is 17.6. The van der Waals surface area contributed by atoms with Gasteiger partial charge in [-0.15, -0.1) is 0 Å². The third-order valence-corrected chi connectivity index (χ3v) is 4.01. The van der Waals surface area contributed by atoms with Crippen LogP contribution in [0.1, 0.15) is 34.7 Å². The fraction of sp³-hybridized carbons (Fsp3) is 0.136. The molecular formula is C22H20O3. The zero-order valence-electron chi connectivity index (χ0n) is 14.1. The molecule has 25 heavy (non-hydrogen) atoms. The van der Waals surface area contributed by atoms with Gasteiger partial charge in [0.25, 0.3) is 0 Å². The molecule has 0 aromatic heterocycles. The number of ether oxygens (including phenoxy) is 1. The normalized spacial score (nSPS) is 11.9. The van der Waals surface area contributed by atoms with E-state index < -0.39 is 6.29 Å². The van der Waals surface area contributed by atoms with E-state index in [1.165, 1.54) is 0 Å². The third-order valence-electron chi connectivity index (χ3n) is 4.01. The van der Waals surface area contributed by atoms with Crippen molar-refractivity contribution in [1.82, 2.24) is 0 Å². The monoisotopic (exact) mass is 332 g/mol. The Morgan fingerprint density at radius 1 is 0.880 bits per heavy atom. The molecule has 3 aromatic rings. The molecule has 3 nitrogen and oxygen atoms in total. The highest BCUT2D eigenvalue weighted by molar-refractivity contribution is 6.09. The van der Waals surface area contributed by atoms with Crippen molar-refractivity contribution in [3.63, 3.8) is 0 Å². The van der Waals surface area contributed by atoms with Crippen LogP contribution < -0.4 is 0 Å². The summed E-state index contributed by atoms with van der Waals surface area (Å²) in [4.78, 5) is 12.7. The Morgan fingerprint density at radius 3 is 2.24 bits per heavy atom. The largest absolute Gasteiger partial charge is 0.364 e. The van der Waals surface area contributed by atoms with Crippen molar-refractivity contribution in [3.8, 4) is 11.1 Å². The van der Waals surface area contributed by atoms with E-state index in [2.05, 4.69) is 0 Å². The highest BCUT2D eigenvalue weighted by Gasteiger charge is 2.13. The molecule has 0 amide bonds. The number of benzene rings is 3. The minimum Gasteiger partial charge on any atom is -0.364 e. The summed E-state index contributed by atoms with van der Waals surface area (Å²) in [6.45, 7) is 2.22. The first-order chi connectivity index (χ1) is 12.2. The average Bonchev–Trinajstić information content (AvgIpc) is 2.68. The van der Waals surface area contributed by atoms with Gasteiger partial charge in [-0.3, -0.25) is 4.79 Å². The fourth-order valence-corrected chi connectivity index (χ4v) is 2.70. The number of rotatable bonds is 6. The van der Waals surface area contributed by atoms with Gasteiger partial charge in [0, 0.05) is 23.3 Å². The van der Waals surface area contributed by atoms with E-state index in [-0.39, 0.29) is 5.78 Å². The van der Waals surface area contributed by atoms with Crippen molar-refractivity contribution in [2.45, 2.75) is 13.2 Å². The number of hydrogen-bond donors (Lipinski definition) is 1. The molecule has 0 bridgehead atoms. The van der Waals surface area contributed by atoms with Gasteiger partial charge in [-0.2, -0.15) is 0 Å². The van der Waals surface area contributed by atoms with Crippen LogP contribution in [0, 0.1) is 0 Å². The smallest absolute Gasteiger partial charge is 0.193 e. The van der Waals surface area contributed by atoms with Crippen LogP contribution in [-0.4, -0.2) is 17.5 Å². The van der Waals surface area contributed by atoms with Crippen LogP contribution in [0.3, 0.4) is 0 Å². The Kier molecular flexibility index (Phi) is 5.39. The summed E-state index contributed by atoms with van der Waals surface area (Å²) >= 11 is 0. The van der Waals surface area contributed by atoms with Gasteiger partial charge in [0.1, 0.15) is 0 Å². The highest BCUT2D eigenvalue weighted by atomic mass is 16.6. The molecule has 0 saturated carbocycles. The van der Waals surface area contributed by atoms with Gasteiger partial charge in [0.2, 0.25) is 0 Å². The molecule has 0 aliphatic heterocycles. The van der Waals surface area contributed by atoms with E-state index in [9.17, 15) is 9.90 Å². The topological polar surface area (TPSA) is 46.5 Å². The standard InChI is InChI=1S/C22H20O3/c1-2-25-22(24)20-10-6-9-19(15-20)21(23)18-13-11-17(12-14-18)16-7-4-3-5-8-16/h3-15,22,24H,2H2,1H3. The first-order valence-corrected chi connectivity index (χ1v) is 8.29. The maximum Gasteiger partial charge on any atom is 0.193 e. The van der Waals surface area contributed by atoms with Crippen molar-refractivity contribution < 1.29 is 14.6 Å². The van der Waals surface area contributed by atoms with E-state index in [0.29, 0.717) is 23.3 Å². The molecule has 1 N–H and O–H groups in total. The zero-order valence-corrected chi connectivity index (χ0v) is 14.1. The maximum atomic E-state index is 12.7. The molecule has 0 aliphatic carbocycles. The second-order valence-corrected chi connectivity index (χ2v) is 5.71. The Labute approximate surface area is 147 Å². The Hall–Kier alpha value is -2.75. The van der Waals surface area contributed by atoms with E-state index in [1.54, 1.807) is 24.3 Å². The molecule has 0 radical (unpaired) electrons. The average molecular weight is 332 g/mol. The van der Waals surface area contributed by atoms with Gasteiger partial charge in [0.05, 0.1) is 0 Å². The minimum absolute atomic E-state index is 0.0786. The SMILES string of the molecule is CCOC(O)c1cccc(C(=O)c2ccc(-c3ccccc3)cc2)c1. The van der Waals surface area contributed by atoms with Gasteiger partial charge in [0.15, 0.2) is 12.1 Å². The molecule has 3 heteroatoms. The number of aliphatic hydroxyl groups excluding tert-OH is 1. The summed E-state index contributed by atoms with van der Waals surface area (Å²) < 4.78 is 5.18. The molecule has 1 unspecified atom stereocenters. The van der Waals surface area contributed by atoms with E-state index in [4.69, 9.17) is 4.74 Å². The number of carbonyl (C=O) groups is 1. The number of ketones is 1. The number of carbonyl (C=O) groups excluding carboxylic acids is 1. The van der Waals surface area contributed by atoms with Gasteiger partial charge in [-0.25, -0.2) is 0 Å². The quantitative estimate of drug-likeness (QED) is 0.529. The van der Waals surface area contributed by atoms with Crippen LogP contribution in [0.25, 0.3) is 11.1 Å². The first kappa shape index (κ1) is 17.1. The number of aliphatic hydroxyl groups is 1. The molecule has 1 atom stereocenters. The maximum absolute atomic E-state index is 12.7. The lowest BCUT2D eigenvalue weighted by Crippen LogP contribution is -2.06. The van der Waals surface area contributed by atoms with Crippen molar-refractivity contribution in [2.75, 3.05) is 6.61 Å². The predicted octanol–water partition coefficient (Wildman–Crippen LogP) is 4.61. The summed E-state index contributed by atoms with van der Waals surface area (Å²) in [5, 5.41) is 9.93. The third kappa shape index (κ3) is 4.02. The van der Waals surface area contributed by atoms with Gasteiger partial charge in [-0.05, 0) is 24.1 Å². The molecular weight excluding hydrogens is 312 g/mol. The van der Waals surface area contributed by atoms with Crippen LogP contribution >= 0.6 is 0 Å². The minimum atomic E-state index is -1.02. The number of hydrogen-bond acceptors (Lipinski definition) is 3. The van der Waals surface area contributed by atoms with Crippen LogP contribution in [0.15, 0.2) is 78.9 Å². The van der Waals surface area contributed by atoms with Crippen molar-refractivity contribution >= 4 is 5.78 Å². The highest BCUT2D eigenvalue weighted by Crippen LogP contribution is 2.22. The molecule has 3 rings (SSSR count). The van der Waals surface area contributed by atoms with E-state index >= 15 is 0 Å². The summed E-state index contributed by atoms with van der Waals surface area (Å²) in [6.07, 6.45) is -1.02. The van der Waals surface area contributed by atoms with Gasteiger partial charge in [-0.1, -0.05) is 72.8 Å². The van der Waals surface area contributed by atoms with E-state index in [1.807, 2.05) is 61.5 Å². The van der Waals surface area contributed by atoms with Crippen LogP contribution in [-0.2, 0) is 4.74 Å². The second-order valence-electron chi connectivity index (χ2n) is 5.71. The lowest BCUT2D eigenvalue weighted by atomic mass is 9.98.